The first kappa shape index (κ1) is 11.1. The number of aromatic nitrogens is 2. The molecule has 0 aliphatic heterocycles. The van der Waals surface area contributed by atoms with E-state index in [1.54, 1.807) is 12.1 Å². The number of phenolic OH excluding ortho intramolecular Hbond substituents is 1. The number of H-pyrrole nitrogens is 1. The van der Waals surface area contributed by atoms with Crippen molar-refractivity contribution in [2.75, 3.05) is 5.73 Å². The summed E-state index contributed by atoms with van der Waals surface area (Å²) in [6.45, 7) is 0. The molecule has 1 aromatic heterocycles. The highest BCUT2D eigenvalue weighted by atomic mass is 79.9. The van der Waals surface area contributed by atoms with Crippen molar-refractivity contribution in [1.82, 2.24) is 9.97 Å². The van der Waals surface area contributed by atoms with Crippen molar-refractivity contribution in [3.8, 4) is 17.1 Å². The normalized spacial score (nSPS) is 10.9. The van der Waals surface area contributed by atoms with Crippen LogP contribution in [0.15, 0.2) is 40.9 Å². The second-order valence-electron chi connectivity index (χ2n) is 4.02. The van der Waals surface area contributed by atoms with Crippen molar-refractivity contribution in [3.05, 3.63) is 40.9 Å². The van der Waals surface area contributed by atoms with Gasteiger partial charge < -0.3 is 15.8 Å². The summed E-state index contributed by atoms with van der Waals surface area (Å²) in [5, 5.41) is 9.61. The van der Waals surface area contributed by atoms with Gasteiger partial charge in [-0.15, -0.1) is 0 Å². The number of benzene rings is 2. The Labute approximate surface area is 112 Å². The Morgan fingerprint density at radius 2 is 2.00 bits per heavy atom. The number of hydrogen-bond donors (Lipinski definition) is 3. The van der Waals surface area contributed by atoms with E-state index in [9.17, 15) is 5.11 Å². The second-order valence-corrected chi connectivity index (χ2v) is 4.94. The van der Waals surface area contributed by atoms with Gasteiger partial charge in [0.1, 0.15) is 11.6 Å². The van der Waals surface area contributed by atoms with Gasteiger partial charge in [-0.1, -0.05) is 15.9 Å². The Bertz CT molecular complexity index is 736. The van der Waals surface area contributed by atoms with E-state index >= 15 is 0 Å². The molecule has 0 spiro atoms. The lowest BCUT2D eigenvalue weighted by atomic mass is 10.2. The molecule has 0 unspecified atom stereocenters. The molecule has 5 heteroatoms. The molecule has 0 saturated heterocycles. The SMILES string of the molecule is Nc1ccc(-c2nc3ccc(Br)cc3[nH]2)cc1O. The van der Waals surface area contributed by atoms with Crippen LogP contribution < -0.4 is 5.73 Å². The Morgan fingerprint density at radius 1 is 1.17 bits per heavy atom. The molecule has 3 rings (SSSR count). The maximum absolute atomic E-state index is 9.61. The molecule has 0 bridgehead atoms. The maximum Gasteiger partial charge on any atom is 0.139 e. The van der Waals surface area contributed by atoms with Crippen LogP contribution in [0.1, 0.15) is 0 Å². The summed E-state index contributed by atoms with van der Waals surface area (Å²) >= 11 is 3.41. The van der Waals surface area contributed by atoms with Crippen LogP contribution in [0, 0.1) is 0 Å². The maximum atomic E-state index is 9.61. The van der Waals surface area contributed by atoms with E-state index in [2.05, 4.69) is 25.9 Å². The van der Waals surface area contributed by atoms with E-state index in [4.69, 9.17) is 5.73 Å². The van der Waals surface area contributed by atoms with Gasteiger partial charge in [-0.05, 0) is 36.4 Å². The van der Waals surface area contributed by atoms with Gasteiger partial charge in [0.15, 0.2) is 0 Å². The third-order valence-electron chi connectivity index (χ3n) is 2.75. The zero-order valence-electron chi connectivity index (χ0n) is 9.31. The predicted octanol–water partition coefficient (Wildman–Crippen LogP) is 3.28. The molecule has 0 fully saturated rings. The molecule has 0 atom stereocenters. The minimum absolute atomic E-state index is 0.0640. The molecule has 4 N–H and O–H groups in total. The van der Waals surface area contributed by atoms with E-state index in [1.807, 2.05) is 24.3 Å². The third-order valence-corrected chi connectivity index (χ3v) is 3.24. The zero-order chi connectivity index (χ0) is 12.7. The first-order valence-corrected chi connectivity index (χ1v) is 6.17. The number of aromatic amines is 1. The molecule has 3 aromatic rings. The lowest BCUT2D eigenvalue weighted by Crippen LogP contribution is -1.86. The Hall–Kier alpha value is -2.01. The van der Waals surface area contributed by atoms with Crippen molar-refractivity contribution in [2.24, 2.45) is 0 Å². The van der Waals surface area contributed by atoms with Crippen molar-refractivity contribution in [1.29, 1.82) is 0 Å². The van der Waals surface area contributed by atoms with Crippen LogP contribution >= 0.6 is 15.9 Å². The lowest BCUT2D eigenvalue weighted by molar-refractivity contribution is 0.478. The molecule has 0 radical (unpaired) electrons. The number of nitrogens with two attached hydrogens (primary N) is 1. The molecule has 0 aliphatic carbocycles. The van der Waals surface area contributed by atoms with E-state index in [0.29, 0.717) is 11.5 Å². The number of phenols is 1. The van der Waals surface area contributed by atoms with Crippen LogP contribution in [0.2, 0.25) is 0 Å². The summed E-state index contributed by atoms with van der Waals surface area (Å²) in [7, 11) is 0. The average Bonchev–Trinajstić information content (AvgIpc) is 2.75. The highest BCUT2D eigenvalue weighted by Gasteiger charge is 2.07. The van der Waals surface area contributed by atoms with Crippen LogP contribution in [0.5, 0.6) is 5.75 Å². The van der Waals surface area contributed by atoms with Crippen LogP contribution in [0.3, 0.4) is 0 Å². The van der Waals surface area contributed by atoms with Gasteiger partial charge in [-0.2, -0.15) is 0 Å². The minimum atomic E-state index is 0.0640. The number of hydrogen-bond acceptors (Lipinski definition) is 3. The monoisotopic (exact) mass is 303 g/mol. The molecule has 90 valence electrons. The molecular formula is C13H10BrN3O. The third kappa shape index (κ3) is 1.82. The van der Waals surface area contributed by atoms with Crippen molar-refractivity contribution >= 4 is 32.7 Å². The summed E-state index contributed by atoms with van der Waals surface area (Å²) in [6, 6.07) is 10.9. The lowest BCUT2D eigenvalue weighted by Gasteiger charge is -2.00. The summed E-state index contributed by atoms with van der Waals surface area (Å²) < 4.78 is 0.991. The van der Waals surface area contributed by atoms with Gasteiger partial charge in [0.25, 0.3) is 0 Å². The van der Waals surface area contributed by atoms with Gasteiger partial charge >= 0.3 is 0 Å². The van der Waals surface area contributed by atoms with E-state index in [0.717, 1.165) is 21.1 Å². The van der Waals surface area contributed by atoms with E-state index in [1.165, 1.54) is 0 Å². The summed E-state index contributed by atoms with van der Waals surface area (Å²) in [4.78, 5) is 7.67. The molecule has 4 nitrogen and oxygen atoms in total. The number of nitrogens with one attached hydrogen (secondary N) is 1. The fourth-order valence-corrected chi connectivity index (χ4v) is 2.17. The number of rotatable bonds is 1. The number of aromatic hydroxyl groups is 1. The van der Waals surface area contributed by atoms with Crippen molar-refractivity contribution in [2.45, 2.75) is 0 Å². The van der Waals surface area contributed by atoms with E-state index < -0.39 is 0 Å². The number of nitrogens with zero attached hydrogens (tertiary/aromatic N) is 1. The first-order valence-electron chi connectivity index (χ1n) is 5.37. The van der Waals surface area contributed by atoms with Crippen LogP contribution in [-0.2, 0) is 0 Å². The topological polar surface area (TPSA) is 74.9 Å². The number of fused-ring (bicyclic) bond motifs is 1. The molecule has 18 heavy (non-hydrogen) atoms. The van der Waals surface area contributed by atoms with Gasteiger partial charge in [0.2, 0.25) is 0 Å². The highest BCUT2D eigenvalue weighted by Crippen LogP contribution is 2.28. The minimum Gasteiger partial charge on any atom is -0.506 e. The highest BCUT2D eigenvalue weighted by molar-refractivity contribution is 9.10. The summed E-state index contributed by atoms with van der Waals surface area (Å²) in [5.41, 5.74) is 8.55. The Balaban J connectivity index is 2.16. The van der Waals surface area contributed by atoms with Crippen LogP contribution in [-0.4, -0.2) is 15.1 Å². The molecule has 0 amide bonds. The number of nitrogen functional groups attached to an aromatic ring is 1. The van der Waals surface area contributed by atoms with Crippen molar-refractivity contribution in [3.63, 3.8) is 0 Å². The molecule has 2 aromatic carbocycles. The standard InChI is InChI=1S/C13H10BrN3O/c14-8-2-4-10-11(6-8)17-13(16-10)7-1-3-9(15)12(18)5-7/h1-6,18H,15H2,(H,16,17). The van der Waals surface area contributed by atoms with Gasteiger partial charge in [-0.3, -0.25) is 0 Å². The summed E-state index contributed by atoms with van der Waals surface area (Å²) in [5.74, 6) is 0.771. The number of halogens is 1. The quantitative estimate of drug-likeness (QED) is 0.477. The van der Waals surface area contributed by atoms with E-state index in [-0.39, 0.29) is 5.75 Å². The zero-order valence-corrected chi connectivity index (χ0v) is 10.9. The average molecular weight is 304 g/mol. The first-order chi connectivity index (χ1) is 8.63. The largest absolute Gasteiger partial charge is 0.506 e. The molecule has 0 aliphatic rings. The molecular weight excluding hydrogens is 294 g/mol. The fourth-order valence-electron chi connectivity index (χ4n) is 1.81. The predicted molar refractivity (Wildman–Crippen MR) is 75.3 cm³/mol. The van der Waals surface area contributed by atoms with Crippen LogP contribution in [0.25, 0.3) is 22.4 Å². The Morgan fingerprint density at radius 3 is 2.78 bits per heavy atom. The number of imidazole rings is 1. The van der Waals surface area contributed by atoms with Gasteiger partial charge in [0, 0.05) is 10.0 Å². The smallest absolute Gasteiger partial charge is 0.139 e. The van der Waals surface area contributed by atoms with Gasteiger partial charge in [0.05, 0.1) is 16.7 Å². The molecule has 0 saturated carbocycles. The van der Waals surface area contributed by atoms with Crippen molar-refractivity contribution < 1.29 is 5.11 Å². The van der Waals surface area contributed by atoms with Crippen LogP contribution in [0.4, 0.5) is 5.69 Å². The summed E-state index contributed by atoms with van der Waals surface area (Å²) in [6.07, 6.45) is 0. The Kier molecular flexibility index (Phi) is 2.48. The second kappa shape index (κ2) is 4.03. The van der Waals surface area contributed by atoms with Gasteiger partial charge in [-0.25, -0.2) is 4.98 Å². The fraction of sp³-hybridized carbons (Fsp3) is 0. The molecule has 1 heterocycles. The number of anilines is 1.